The first-order valence-electron chi connectivity index (χ1n) is 10.6. The second kappa shape index (κ2) is 10.6. The third-order valence-electron chi connectivity index (χ3n) is 5.44. The second-order valence-electron chi connectivity index (χ2n) is 7.72. The standard InChI is InChI=1S/C21H25N5O8/c1-34-15-6-4-13(5-7-15)19(31)23-24-10-8-17(28)25-9-2-3-16(26(25)21(24)33)20(32)22-14(12-27)11-18(29)30/h4-7,12,14,16H,2-3,8-11H2,1H3,(H,22,32)(H,23,31)(H,29,30). The predicted octanol–water partition coefficient (Wildman–Crippen LogP) is -0.468. The lowest BCUT2D eigenvalue weighted by molar-refractivity contribution is -0.155. The van der Waals surface area contributed by atoms with Crippen LogP contribution in [0, 0.1) is 0 Å². The SMILES string of the molecule is COc1ccc(C(=O)NN2CCC(=O)N3CCCC(C(=O)NC(C=O)CC(=O)O)N3C2=O)cc1. The van der Waals surface area contributed by atoms with Gasteiger partial charge in [-0.1, -0.05) is 0 Å². The summed E-state index contributed by atoms with van der Waals surface area (Å²) < 4.78 is 5.06. The summed E-state index contributed by atoms with van der Waals surface area (Å²) in [5, 5.41) is 14.3. The van der Waals surface area contributed by atoms with Gasteiger partial charge in [-0.3, -0.25) is 24.6 Å². The van der Waals surface area contributed by atoms with Gasteiger partial charge in [0.25, 0.3) is 5.91 Å². The first kappa shape index (κ1) is 24.5. The minimum absolute atomic E-state index is 0.0878. The molecule has 13 heteroatoms. The molecule has 2 heterocycles. The summed E-state index contributed by atoms with van der Waals surface area (Å²) in [7, 11) is 1.48. The molecule has 34 heavy (non-hydrogen) atoms. The first-order valence-corrected chi connectivity index (χ1v) is 10.6. The number of carboxylic acids is 1. The third-order valence-corrected chi connectivity index (χ3v) is 5.44. The fourth-order valence-electron chi connectivity index (χ4n) is 3.75. The van der Waals surface area contributed by atoms with Gasteiger partial charge in [0, 0.05) is 18.5 Å². The van der Waals surface area contributed by atoms with Gasteiger partial charge >= 0.3 is 12.0 Å². The van der Waals surface area contributed by atoms with E-state index in [1.165, 1.54) is 19.2 Å². The van der Waals surface area contributed by atoms with Crippen LogP contribution in [-0.2, 0) is 19.2 Å². The molecule has 2 aliphatic rings. The number of nitrogens with one attached hydrogen (secondary N) is 2. The van der Waals surface area contributed by atoms with Crippen LogP contribution >= 0.6 is 0 Å². The van der Waals surface area contributed by atoms with E-state index in [2.05, 4.69) is 10.7 Å². The fraction of sp³-hybridized carbons (Fsp3) is 0.429. The van der Waals surface area contributed by atoms with E-state index in [4.69, 9.17) is 9.84 Å². The van der Waals surface area contributed by atoms with Crippen molar-refractivity contribution in [1.29, 1.82) is 0 Å². The quantitative estimate of drug-likeness (QED) is 0.425. The zero-order chi connectivity index (χ0) is 24.8. The number of carboxylic acid groups (broad SMARTS) is 1. The van der Waals surface area contributed by atoms with Crippen LogP contribution in [0.15, 0.2) is 24.3 Å². The number of hydrazine groups is 2. The molecule has 2 fully saturated rings. The Morgan fingerprint density at radius 3 is 2.53 bits per heavy atom. The predicted molar refractivity (Wildman–Crippen MR) is 114 cm³/mol. The third kappa shape index (κ3) is 5.42. The maximum Gasteiger partial charge on any atom is 0.358 e. The maximum absolute atomic E-state index is 13.3. The largest absolute Gasteiger partial charge is 0.497 e. The summed E-state index contributed by atoms with van der Waals surface area (Å²) in [6.45, 7) is 0.0811. The van der Waals surface area contributed by atoms with Gasteiger partial charge in [-0.25, -0.2) is 19.8 Å². The Morgan fingerprint density at radius 1 is 1.21 bits per heavy atom. The van der Waals surface area contributed by atoms with Crippen LogP contribution in [0.5, 0.6) is 5.75 Å². The highest BCUT2D eigenvalue weighted by Crippen LogP contribution is 2.24. The summed E-state index contributed by atoms with van der Waals surface area (Å²) in [5.41, 5.74) is 2.72. The van der Waals surface area contributed by atoms with E-state index in [-0.39, 0.29) is 31.5 Å². The van der Waals surface area contributed by atoms with Crippen LogP contribution in [0.1, 0.15) is 36.0 Å². The highest BCUT2D eigenvalue weighted by atomic mass is 16.5. The summed E-state index contributed by atoms with van der Waals surface area (Å²) >= 11 is 0. The molecule has 13 nitrogen and oxygen atoms in total. The molecule has 0 saturated carbocycles. The maximum atomic E-state index is 13.3. The summed E-state index contributed by atoms with van der Waals surface area (Å²) in [6.07, 6.45) is 0.179. The number of hydrogen-bond donors (Lipinski definition) is 3. The van der Waals surface area contributed by atoms with Crippen molar-refractivity contribution in [3.63, 3.8) is 0 Å². The van der Waals surface area contributed by atoms with Gasteiger partial charge in [0.2, 0.25) is 11.8 Å². The molecule has 0 aromatic heterocycles. The van der Waals surface area contributed by atoms with E-state index < -0.39 is 48.2 Å². The van der Waals surface area contributed by atoms with Crippen molar-refractivity contribution >= 4 is 36.0 Å². The van der Waals surface area contributed by atoms with Crippen LogP contribution in [0.2, 0.25) is 0 Å². The van der Waals surface area contributed by atoms with E-state index in [9.17, 15) is 28.8 Å². The molecule has 1 aromatic rings. The monoisotopic (exact) mass is 475 g/mol. The smallest absolute Gasteiger partial charge is 0.358 e. The molecule has 3 N–H and O–H groups in total. The topological polar surface area (TPSA) is 166 Å². The lowest BCUT2D eigenvalue weighted by Gasteiger charge is -2.42. The van der Waals surface area contributed by atoms with Gasteiger partial charge in [-0.05, 0) is 37.1 Å². The Kier molecular flexibility index (Phi) is 7.66. The van der Waals surface area contributed by atoms with E-state index in [1.54, 1.807) is 12.1 Å². The molecule has 2 saturated heterocycles. The van der Waals surface area contributed by atoms with Crippen LogP contribution < -0.4 is 15.5 Å². The molecule has 3 rings (SSSR count). The normalized spacial score (nSPS) is 19.0. The molecule has 0 radical (unpaired) electrons. The number of urea groups is 1. The summed E-state index contributed by atoms with van der Waals surface area (Å²) in [5.74, 6) is -2.52. The minimum atomic E-state index is -1.29. The molecule has 0 bridgehead atoms. The molecule has 5 amide bonds. The number of ether oxygens (including phenoxy) is 1. The second-order valence-corrected chi connectivity index (χ2v) is 7.72. The van der Waals surface area contributed by atoms with E-state index in [0.717, 1.165) is 15.0 Å². The van der Waals surface area contributed by atoms with Crippen molar-refractivity contribution in [2.75, 3.05) is 20.2 Å². The first-order chi connectivity index (χ1) is 16.2. The van der Waals surface area contributed by atoms with Crippen LogP contribution in [0.25, 0.3) is 0 Å². The molecule has 0 spiro atoms. The minimum Gasteiger partial charge on any atom is -0.497 e. The van der Waals surface area contributed by atoms with E-state index >= 15 is 0 Å². The van der Waals surface area contributed by atoms with Crippen LogP contribution in [-0.4, -0.2) is 88.4 Å². The average molecular weight is 475 g/mol. The molecular weight excluding hydrogens is 450 g/mol. The summed E-state index contributed by atoms with van der Waals surface area (Å²) in [6, 6.07) is 2.92. The zero-order valence-corrected chi connectivity index (χ0v) is 18.4. The molecule has 0 aliphatic carbocycles. The van der Waals surface area contributed by atoms with Gasteiger partial charge in [-0.2, -0.15) is 0 Å². The van der Waals surface area contributed by atoms with Gasteiger partial charge in [0.1, 0.15) is 18.1 Å². The molecule has 1 aromatic carbocycles. The molecular formula is C21H25N5O8. The van der Waals surface area contributed by atoms with Crippen LogP contribution in [0.3, 0.4) is 0 Å². The van der Waals surface area contributed by atoms with Crippen molar-refractivity contribution in [1.82, 2.24) is 25.8 Å². The number of nitrogens with zero attached hydrogens (tertiary/aromatic N) is 3. The Hall–Kier alpha value is -4.16. The number of methoxy groups -OCH3 is 1. The van der Waals surface area contributed by atoms with Crippen molar-refractivity contribution in [3.8, 4) is 5.75 Å². The number of aldehydes is 1. The van der Waals surface area contributed by atoms with Crippen molar-refractivity contribution in [2.45, 2.75) is 37.8 Å². The lowest BCUT2D eigenvalue weighted by Crippen LogP contribution is -2.64. The fourth-order valence-corrected chi connectivity index (χ4v) is 3.75. The van der Waals surface area contributed by atoms with E-state index in [1.807, 2.05) is 0 Å². The number of rotatable bonds is 8. The van der Waals surface area contributed by atoms with Crippen molar-refractivity contribution < 1.29 is 38.6 Å². The van der Waals surface area contributed by atoms with Crippen LogP contribution in [0.4, 0.5) is 4.79 Å². The van der Waals surface area contributed by atoms with Gasteiger partial charge in [0.05, 0.1) is 26.1 Å². The highest BCUT2D eigenvalue weighted by Gasteiger charge is 2.44. The zero-order valence-electron chi connectivity index (χ0n) is 18.4. The average Bonchev–Trinajstić information content (AvgIpc) is 2.95. The number of carbonyl (C=O) groups excluding carboxylic acids is 5. The number of amides is 5. The molecule has 2 aliphatic heterocycles. The Morgan fingerprint density at radius 2 is 1.91 bits per heavy atom. The molecule has 2 atom stereocenters. The lowest BCUT2D eigenvalue weighted by atomic mass is 10.1. The number of fused-ring (bicyclic) bond motifs is 1. The van der Waals surface area contributed by atoms with Crippen molar-refractivity contribution in [3.05, 3.63) is 29.8 Å². The number of aliphatic carboxylic acids is 1. The molecule has 182 valence electrons. The number of benzene rings is 1. The van der Waals surface area contributed by atoms with Gasteiger partial charge in [-0.15, -0.1) is 0 Å². The Balaban J connectivity index is 1.79. The Bertz CT molecular complexity index is 982. The van der Waals surface area contributed by atoms with Gasteiger partial charge in [0.15, 0.2) is 0 Å². The number of hydrogen-bond acceptors (Lipinski definition) is 7. The van der Waals surface area contributed by atoms with Crippen molar-refractivity contribution in [2.24, 2.45) is 0 Å². The van der Waals surface area contributed by atoms with Gasteiger partial charge < -0.3 is 20.0 Å². The Labute approximate surface area is 194 Å². The number of carbonyl (C=O) groups is 6. The molecule has 2 unspecified atom stereocenters. The summed E-state index contributed by atoms with van der Waals surface area (Å²) in [4.78, 5) is 73.6. The van der Waals surface area contributed by atoms with E-state index in [0.29, 0.717) is 18.5 Å². The highest BCUT2D eigenvalue weighted by molar-refractivity contribution is 5.97.